The van der Waals surface area contributed by atoms with Gasteiger partial charge in [-0.25, -0.2) is 0 Å². The number of carbonyl (C=O) groups excluding carboxylic acids is 2. The minimum Gasteiger partial charge on any atom is -0.466 e. The van der Waals surface area contributed by atoms with Crippen LogP contribution in [0.5, 0.6) is 0 Å². The average Bonchev–Trinajstić information content (AvgIpc) is 3.45. The molecule has 0 rings (SSSR count). The maximum Gasteiger partial charge on any atom is 0.305 e. The van der Waals surface area contributed by atoms with Crippen LogP contribution < -0.4 is 5.32 Å². The number of unbranched alkanes of at least 4 members (excludes halogenated alkanes) is 49. The van der Waals surface area contributed by atoms with Crippen LogP contribution in [-0.4, -0.2) is 47.4 Å². The Morgan fingerprint density at radius 1 is 0.354 bits per heavy atom. The number of ether oxygens (including phenoxy) is 1. The number of aliphatic hydroxyl groups is 2. The van der Waals surface area contributed by atoms with Gasteiger partial charge in [0.05, 0.1) is 25.4 Å². The summed E-state index contributed by atoms with van der Waals surface area (Å²) in [7, 11) is 0. The van der Waals surface area contributed by atoms with Crippen LogP contribution in [0.1, 0.15) is 380 Å². The zero-order chi connectivity index (χ0) is 57.1. The molecule has 0 radical (unpaired) electrons. The predicted octanol–water partition coefficient (Wildman–Crippen LogP) is 22.9. The van der Waals surface area contributed by atoms with Gasteiger partial charge in [-0.3, -0.25) is 9.59 Å². The Morgan fingerprint density at radius 3 is 0.987 bits per heavy atom. The van der Waals surface area contributed by atoms with Crippen molar-refractivity contribution in [1.29, 1.82) is 0 Å². The summed E-state index contributed by atoms with van der Waals surface area (Å²) in [6.45, 7) is 4.89. The normalized spacial score (nSPS) is 12.8. The van der Waals surface area contributed by atoms with E-state index in [1.807, 2.05) is 6.08 Å². The second-order valence-corrected chi connectivity index (χ2v) is 24.2. The van der Waals surface area contributed by atoms with Crippen LogP contribution in [0.4, 0.5) is 0 Å². The largest absolute Gasteiger partial charge is 0.466 e. The van der Waals surface area contributed by atoms with E-state index in [1.54, 1.807) is 6.08 Å². The standard InChI is InChI=1S/C73H137NO5/c1-3-5-7-9-11-13-15-16-17-40-43-47-51-55-59-63-67-73(78)79-68-64-60-56-52-48-44-41-38-36-34-32-30-28-26-24-22-20-18-19-21-23-25-27-29-31-33-35-37-39-42-46-50-54-58-62-66-72(77)74-70(69-75)71(76)65-61-57-53-49-45-14-12-10-8-6-4-2/h13,15,17,20,22,40,61,65,70-71,75-76H,3-12,14,16,18-19,21,23-39,41-60,62-64,66-69H2,1-2H3,(H,74,77)/b15-13-,22-20-,40-17-,65-61+. The van der Waals surface area contributed by atoms with Crippen molar-refractivity contribution in [3.63, 3.8) is 0 Å². The molecule has 0 aromatic carbocycles. The lowest BCUT2D eigenvalue weighted by Gasteiger charge is -2.20. The number of allylic oxidation sites excluding steroid dienone is 7. The maximum atomic E-state index is 12.4. The fraction of sp³-hybridized carbons (Fsp3) is 0.863. The smallest absolute Gasteiger partial charge is 0.305 e. The van der Waals surface area contributed by atoms with E-state index in [2.05, 4.69) is 55.6 Å². The first-order chi connectivity index (χ1) is 39.0. The van der Waals surface area contributed by atoms with Crippen LogP contribution in [0.15, 0.2) is 48.6 Å². The van der Waals surface area contributed by atoms with Crippen molar-refractivity contribution < 1.29 is 24.5 Å². The summed E-state index contributed by atoms with van der Waals surface area (Å²) in [6, 6.07) is -0.624. The van der Waals surface area contributed by atoms with E-state index in [4.69, 9.17) is 4.74 Å². The monoisotopic (exact) mass is 1110 g/mol. The van der Waals surface area contributed by atoms with Gasteiger partial charge in [0.25, 0.3) is 0 Å². The molecule has 0 aromatic heterocycles. The molecule has 1 amide bonds. The molecule has 6 nitrogen and oxygen atoms in total. The zero-order valence-corrected chi connectivity index (χ0v) is 53.1. The Kier molecular flexibility index (Phi) is 66.4. The molecule has 0 aliphatic carbocycles. The predicted molar refractivity (Wildman–Crippen MR) is 347 cm³/mol. The van der Waals surface area contributed by atoms with Crippen molar-refractivity contribution >= 4 is 11.9 Å². The SMILES string of the molecule is CCCCCC/C=C\C/C=C\CCCCCCCC(=O)OCCCCCCCCCCCCCCCC/C=C\CCCCCCCCCCCCCCCCCCCC(=O)NC(CO)C(O)/C=C/CCCCCCCCCCC. The van der Waals surface area contributed by atoms with Crippen LogP contribution in [0.3, 0.4) is 0 Å². The molecule has 0 spiro atoms. The van der Waals surface area contributed by atoms with Gasteiger partial charge in [0.1, 0.15) is 0 Å². The van der Waals surface area contributed by atoms with E-state index in [-0.39, 0.29) is 18.5 Å². The summed E-state index contributed by atoms with van der Waals surface area (Å²) < 4.78 is 5.49. The molecule has 0 heterocycles. The van der Waals surface area contributed by atoms with Gasteiger partial charge < -0.3 is 20.3 Å². The van der Waals surface area contributed by atoms with Crippen LogP contribution in [0, 0.1) is 0 Å². The number of aliphatic hydroxyl groups excluding tert-OH is 2. The third kappa shape index (κ3) is 64.8. The topological polar surface area (TPSA) is 95.9 Å². The molecule has 6 heteroatoms. The number of hydrogen-bond donors (Lipinski definition) is 3. The molecule has 0 fully saturated rings. The first kappa shape index (κ1) is 76.8. The number of esters is 1. The van der Waals surface area contributed by atoms with Crippen molar-refractivity contribution in [3.05, 3.63) is 48.6 Å². The fourth-order valence-electron chi connectivity index (χ4n) is 10.9. The zero-order valence-electron chi connectivity index (χ0n) is 53.1. The van der Waals surface area contributed by atoms with Gasteiger partial charge in [-0.2, -0.15) is 0 Å². The molecule has 0 bridgehead atoms. The Morgan fingerprint density at radius 2 is 0.633 bits per heavy atom. The van der Waals surface area contributed by atoms with Crippen molar-refractivity contribution in [2.75, 3.05) is 13.2 Å². The molecule has 2 atom stereocenters. The summed E-state index contributed by atoms with van der Waals surface area (Å²) in [5.74, 6) is -0.0582. The first-order valence-corrected chi connectivity index (χ1v) is 35.4. The number of carbonyl (C=O) groups is 2. The van der Waals surface area contributed by atoms with E-state index in [0.29, 0.717) is 19.4 Å². The van der Waals surface area contributed by atoms with Gasteiger partial charge in [-0.15, -0.1) is 0 Å². The summed E-state index contributed by atoms with van der Waals surface area (Å²) in [5, 5.41) is 23.1. The van der Waals surface area contributed by atoms with E-state index >= 15 is 0 Å². The molecule has 0 aliphatic heterocycles. The second kappa shape index (κ2) is 68.3. The summed E-state index contributed by atoms with van der Waals surface area (Å²) in [4.78, 5) is 24.5. The molecule has 0 saturated carbocycles. The van der Waals surface area contributed by atoms with E-state index in [1.165, 1.54) is 302 Å². The molecular formula is C73H137NO5. The minimum absolute atomic E-state index is 0.00645. The molecular weight excluding hydrogens is 971 g/mol. The first-order valence-electron chi connectivity index (χ1n) is 35.4. The lowest BCUT2D eigenvalue weighted by atomic mass is 10.0. The molecule has 2 unspecified atom stereocenters. The van der Waals surface area contributed by atoms with Gasteiger partial charge in [0, 0.05) is 12.8 Å². The van der Waals surface area contributed by atoms with Gasteiger partial charge in [-0.1, -0.05) is 326 Å². The highest BCUT2D eigenvalue weighted by atomic mass is 16.5. The third-order valence-electron chi connectivity index (χ3n) is 16.3. The quantitative estimate of drug-likeness (QED) is 0.0320. The van der Waals surface area contributed by atoms with Crippen LogP contribution >= 0.6 is 0 Å². The average molecular weight is 1110 g/mol. The molecule has 0 saturated heterocycles. The fourth-order valence-corrected chi connectivity index (χ4v) is 10.9. The van der Waals surface area contributed by atoms with Gasteiger partial charge in [0.15, 0.2) is 0 Å². The number of nitrogens with one attached hydrogen (secondary N) is 1. The lowest BCUT2D eigenvalue weighted by Crippen LogP contribution is -2.45. The summed E-state index contributed by atoms with van der Waals surface area (Å²) in [6.07, 6.45) is 89.2. The highest BCUT2D eigenvalue weighted by molar-refractivity contribution is 5.76. The Hall–Kier alpha value is -2.18. The van der Waals surface area contributed by atoms with Gasteiger partial charge in [0.2, 0.25) is 5.91 Å². The van der Waals surface area contributed by atoms with Crippen molar-refractivity contribution in [2.45, 2.75) is 392 Å². The molecule has 0 aliphatic rings. The Bertz CT molecular complexity index is 1320. The number of hydrogen-bond acceptors (Lipinski definition) is 5. The third-order valence-corrected chi connectivity index (χ3v) is 16.3. The van der Waals surface area contributed by atoms with E-state index in [0.717, 1.165) is 51.4 Å². The van der Waals surface area contributed by atoms with Crippen molar-refractivity contribution in [2.24, 2.45) is 0 Å². The van der Waals surface area contributed by atoms with Crippen molar-refractivity contribution in [3.8, 4) is 0 Å². The van der Waals surface area contributed by atoms with Crippen molar-refractivity contribution in [1.82, 2.24) is 5.32 Å². The second-order valence-electron chi connectivity index (χ2n) is 24.2. The highest BCUT2D eigenvalue weighted by Gasteiger charge is 2.18. The lowest BCUT2D eigenvalue weighted by molar-refractivity contribution is -0.143. The maximum absolute atomic E-state index is 12.4. The summed E-state index contributed by atoms with van der Waals surface area (Å²) in [5.41, 5.74) is 0. The highest BCUT2D eigenvalue weighted by Crippen LogP contribution is 2.18. The summed E-state index contributed by atoms with van der Waals surface area (Å²) >= 11 is 0. The van der Waals surface area contributed by atoms with Gasteiger partial charge >= 0.3 is 5.97 Å². The van der Waals surface area contributed by atoms with E-state index < -0.39 is 12.1 Å². The number of rotatable bonds is 66. The minimum atomic E-state index is -0.841. The molecule has 3 N–H and O–H groups in total. The van der Waals surface area contributed by atoms with Crippen LogP contribution in [-0.2, 0) is 14.3 Å². The van der Waals surface area contributed by atoms with Crippen LogP contribution in [0.25, 0.3) is 0 Å². The van der Waals surface area contributed by atoms with Gasteiger partial charge in [-0.05, 0) is 89.9 Å². The molecule has 464 valence electrons. The van der Waals surface area contributed by atoms with Crippen LogP contribution in [0.2, 0.25) is 0 Å². The molecule has 79 heavy (non-hydrogen) atoms. The molecule has 0 aromatic rings. The number of amides is 1. The Balaban J connectivity index is 3.34. The van der Waals surface area contributed by atoms with E-state index in [9.17, 15) is 19.8 Å². The Labute approximate surface area is 493 Å².